The fourth-order valence-electron chi connectivity index (χ4n) is 1.80. The van der Waals surface area contributed by atoms with Crippen molar-refractivity contribution in [1.29, 1.82) is 0 Å². The van der Waals surface area contributed by atoms with Crippen molar-refractivity contribution in [1.82, 2.24) is 10.2 Å². The van der Waals surface area contributed by atoms with E-state index in [9.17, 15) is 0 Å². The topological polar surface area (TPSA) is 15.3 Å². The van der Waals surface area contributed by atoms with E-state index in [1.54, 1.807) is 0 Å². The van der Waals surface area contributed by atoms with Crippen molar-refractivity contribution in [2.75, 3.05) is 38.6 Å². The van der Waals surface area contributed by atoms with Crippen LogP contribution in [-0.4, -0.2) is 43.5 Å². The SMILES string of the molecule is ClCCNCCCN1CCCCC1. The Labute approximate surface area is 86.6 Å². The van der Waals surface area contributed by atoms with Gasteiger partial charge in [-0.25, -0.2) is 0 Å². The molecule has 0 radical (unpaired) electrons. The Morgan fingerprint density at radius 3 is 2.54 bits per heavy atom. The van der Waals surface area contributed by atoms with Crippen LogP contribution < -0.4 is 5.32 Å². The Kier molecular flexibility index (Phi) is 6.60. The molecular weight excluding hydrogens is 184 g/mol. The highest BCUT2D eigenvalue weighted by Gasteiger charge is 2.08. The minimum Gasteiger partial charge on any atom is -0.315 e. The van der Waals surface area contributed by atoms with Crippen LogP contribution in [-0.2, 0) is 0 Å². The van der Waals surface area contributed by atoms with E-state index in [1.807, 2.05) is 0 Å². The van der Waals surface area contributed by atoms with Crippen LogP contribution >= 0.6 is 11.6 Å². The summed E-state index contributed by atoms with van der Waals surface area (Å²) in [7, 11) is 0. The molecule has 1 fully saturated rings. The zero-order chi connectivity index (χ0) is 9.36. The van der Waals surface area contributed by atoms with E-state index in [1.165, 1.54) is 45.3 Å². The van der Waals surface area contributed by atoms with E-state index in [0.717, 1.165) is 19.0 Å². The number of alkyl halides is 1. The van der Waals surface area contributed by atoms with Gasteiger partial charge in [0.05, 0.1) is 0 Å². The molecule has 0 unspecified atom stereocenters. The molecule has 2 nitrogen and oxygen atoms in total. The molecule has 1 saturated heterocycles. The Morgan fingerprint density at radius 2 is 1.85 bits per heavy atom. The van der Waals surface area contributed by atoms with Crippen LogP contribution in [0.5, 0.6) is 0 Å². The van der Waals surface area contributed by atoms with Crippen molar-refractivity contribution < 1.29 is 0 Å². The highest BCUT2D eigenvalue weighted by atomic mass is 35.5. The number of nitrogens with zero attached hydrogens (tertiary/aromatic N) is 1. The summed E-state index contributed by atoms with van der Waals surface area (Å²) < 4.78 is 0. The summed E-state index contributed by atoms with van der Waals surface area (Å²) in [6.45, 7) is 5.95. The molecule has 3 heteroatoms. The van der Waals surface area contributed by atoms with Crippen LogP contribution in [0.4, 0.5) is 0 Å². The van der Waals surface area contributed by atoms with Crippen molar-refractivity contribution >= 4 is 11.6 Å². The minimum absolute atomic E-state index is 0.726. The highest BCUT2D eigenvalue weighted by Crippen LogP contribution is 2.08. The van der Waals surface area contributed by atoms with Crippen molar-refractivity contribution in [3.63, 3.8) is 0 Å². The van der Waals surface area contributed by atoms with Gasteiger partial charge in [-0.1, -0.05) is 6.42 Å². The number of piperidine rings is 1. The largest absolute Gasteiger partial charge is 0.315 e. The molecule has 0 saturated carbocycles. The number of hydrogen-bond acceptors (Lipinski definition) is 2. The lowest BCUT2D eigenvalue weighted by atomic mass is 10.1. The molecule has 0 spiro atoms. The summed E-state index contributed by atoms with van der Waals surface area (Å²) in [5.74, 6) is 0.726. The first-order chi connectivity index (χ1) is 6.43. The maximum Gasteiger partial charge on any atom is 0.0348 e. The number of nitrogens with one attached hydrogen (secondary N) is 1. The lowest BCUT2D eigenvalue weighted by Crippen LogP contribution is -2.32. The maximum atomic E-state index is 5.56. The first kappa shape index (κ1) is 11.3. The van der Waals surface area contributed by atoms with Gasteiger partial charge in [0.1, 0.15) is 0 Å². The molecule has 0 bridgehead atoms. The van der Waals surface area contributed by atoms with Crippen molar-refractivity contribution in [2.24, 2.45) is 0 Å². The normalized spacial score (nSPS) is 19.2. The van der Waals surface area contributed by atoms with Crippen molar-refractivity contribution in [2.45, 2.75) is 25.7 Å². The van der Waals surface area contributed by atoms with Crippen molar-refractivity contribution in [3.8, 4) is 0 Å². The number of halogens is 1. The summed E-state index contributed by atoms with van der Waals surface area (Å²) >= 11 is 5.56. The third-order valence-electron chi connectivity index (χ3n) is 2.55. The van der Waals surface area contributed by atoms with Gasteiger partial charge in [0.25, 0.3) is 0 Å². The number of hydrogen-bond donors (Lipinski definition) is 1. The Balaban J connectivity index is 1.86. The summed E-state index contributed by atoms with van der Waals surface area (Å²) in [6.07, 6.45) is 5.49. The van der Waals surface area contributed by atoms with E-state index in [0.29, 0.717) is 0 Å². The summed E-state index contributed by atoms with van der Waals surface area (Å²) in [5, 5.41) is 3.32. The van der Waals surface area contributed by atoms with Gasteiger partial charge in [0, 0.05) is 12.4 Å². The van der Waals surface area contributed by atoms with Crippen LogP contribution in [0.1, 0.15) is 25.7 Å². The van der Waals surface area contributed by atoms with Gasteiger partial charge in [-0.2, -0.15) is 0 Å². The molecule has 1 aliphatic heterocycles. The Morgan fingerprint density at radius 1 is 1.08 bits per heavy atom. The Bertz CT molecular complexity index is 113. The number of rotatable bonds is 6. The smallest absolute Gasteiger partial charge is 0.0348 e. The lowest BCUT2D eigenvalue weighted by Gasteiger charge is -2.26. The van der Waals surface area contributed by atoms with E-state index >= 15 is 0 Å². The maximum absolute atomic E-state index is 5.56. The summed E-state index contributed by atoms with van der Waals surface area (Å²) in [6, 6.07) is 0. The summed E-state index contributed by atoms with van der Waals surface area (Å²) in [4.78, 5) is 2.58. The quantitative estimate of drug-likeness (QED) is 0.524. The molecule has 0 atom stereocenters. The van der Waals surface area contributed by atoms with Gasteiger partial charge in [-0.05, 0) is 45.4 Å². The first-order valence-corrected chi connectivity index (χ1v) is 5.96. The average molecular weight is 205 g/mol. The second-order valence-electron chi connectivity index (χ2n) is 3.69. The van der Waals surface area contributed by atoms with Crippen LogP contribution in [0.25, 0.3) is 0 Å². The van der Waals surface area contributed by atoms with Gasteiger partial charge < -0.3 is 10.2 Å². The molecule has 1 N–H and O–H groups in total. The molecule has 13 heavy (non-hydrogen) atoms. The predicted octanol–water partition coefficient (Wildman–Crippen LogP) is 1.69. The Hall–Kier alpha value is 0.210. The van der Waals surface area contributed by atoms with Crippen molar-refractivity contribution in [3.05, 3.63) is 0 Å². The fourth-order valence-corrected chi connectivity index (χ4v) is 1.94. The molecule has 1 heterocycles. The lowest BCUT2D eigenvalue weighted by molar-refractivity contribution is 0.226. The first-order valence-electron chi connectivity index (χ1n) is 5.42. The van der Waals surface area contributed by atoms with Gasteiger partial charge in [0.2, 0.25) is 0 Å². The molecular formula is C10H21ClN2. The van der Waals surface area contributed by atoms with Crippen LogP contribution in [0, 0.1) is 0 Å². The second kappa shape index (κ2) is 7.60. The molecule has 0 aromatic rings. The monoisotopic (exact) mass is 204 g/mol. The predicted molar refractivity (Wildman–Crippen MR) is 58.5 cm³/mol. The molecule has 78 valence electrons. The zero-order valence-corrected chi connectivity index (χ0v) is 9.15. The van der Waals surface area contributed by atoms with E-state index in [2.05, 4.69) is 10.2 Å². The molecule has 0 amide bonds. The van der Waals surface area contributed by atoms with E-state index in [4.69, 9.17) is 11.6 Å². The zero-order valence-electron chi connectivity index (χ0n) is 8.40. The molecule has 0 aromatic carbocycles. The molecule has 1 rings (SSSR count). The van der Waals surface area contributed by atoms with Gasteiger partial charge in [0.15, 0.2) is 0 Å². The van der Waals surface area contributed by atoms with Crippen LogP contribution in [0.2, 0.25) is 0 Å². The van der Waals surface area contributed by atoms with Gasteiger partial charge in [-0.3, -0.25) is 0 Å². The van der Waals surface area contributed by atoms with E-state index < -0.39 is 0 Å². The highest BCUT2D eigenvalue weighted by molar-refractivity contribution is 6.18. The molecule has 0 aromatic heterocycles. The summed E-state index contributed by atoms with van der Waals surface area (Å²) in [5.41, 5.74) is 0. The molecule has 1 aliphatic rings. The van der Waals surface area contributed by atoms with Gasteiger partial charge >= 0.3 is 0 Å². The average Bonchev–Trinajstić information content (AvgIpc) is 2.19. The third kappa shape index (κ3) is 5.50. The standard InChI is InChI=1S/C10H21ClN2/c11-5-7-12-6-4-10-13-8-2-1-3-9-13/h12H,1-10H2. The van der Waals surface area contributed by atoms with Gasteiger partial charge in [-0.15, -0.1) is 11.6 Å². The fraction of sp³-hybridized carbons (Fsp3) is 1.00. The number of likely N-dealkylation sites (tertiary alicyclic amines) is 1. The minimum atomic E-state index is 0.726. The van der Waals surface area contributed by atoms with Crippen LogP contribution in [0.3, 0.4) is 0 Å². The molecule has 0 aliphatic carbocycles. The van der Waals surface area contributed by atoms with Crippen LogP contribution in [0.15, 0.2) is 0 Å². The third-order valence-corrected chi connectivity index (χ3v) is 2.74. The second-order valence-corrected chi connectivity index (χ2v) is 4.07. The van der Waals surface area contributed by atoms with E-state index in [-0.39, 0.29) is 0 Å².